The maximum Gasteiger partial charge on any atom is 0.101 e. The van der Waals surface area contributed by atoms with Gasteiger partial charge in [0.2, 0.25) is 0 Å². The lowest BCUT2D eigenvalue weighted by atomic mass is 10.00. The monoisotopic (exact) mass is 165 g/mol. The van der Waals surface area contributed by atoms with Crippen LogP contribution >= 0.6 is 0 Å². The van der Waals surface area contributed by atoms with Gasteiger partial charge in [0.05, 0.1) is 5.69 Å². The Balaban J connectivity index is 3.23. The van der Waals surface area contributed by atoms with Crippen molar-refractivity contribution in [2.24, 2.45) is 0 Å². The predicted octanol–water partition coefficient (Wildman–Crippen LogP) is 1.93. The summed E-state index contributed by atoms with van der Waals surface area (Å²) in [6.45, 7) is 7.39. The number of aryl methyl sites for hydroxylation is 2. The minimum Gasteiger partial charge on any atom is -0.384 e. The quantitative estimate of drug-likeness (QED) is 0.689. The van der Waals surface area contributed by atoms with Gasteiger partial charge in [-0.2, -0.15) is 0 Å². The minimum absolute atomic E-state index is 0.766. The van der Waals surface area contributed by atoms with E-state index in [0.717, 1.165) is 17.0 Å². The maximum absolute atomic E-state index is 9.73. The van der Waals surface area contributed by atoms with Gasteiger partial charge in [0, 0.05) is 5.69 Å². The van der Waals surface area contributed by atoms with Crippen molar-refractivity contribution < 1.29 is 5.11 Å². The molecule has 2 heteroatoms. The highest BCUT2D eigenvalue weighted by Gasteiger charge is 2.19. The third-order valence-corrected chi connectivity index (χ3v) is 1.82. The average Bonchev–Trinajstić information content (AvgIpc) is 1.92. The topological polar surface area (TPSA) is 33.1 Å². The molecular formula is C10H15NO. The highest BCUT2D eigenvalue weighted by atomic mass is 16.3. The number of nitrogens with zero attached hydrogens (tertiary/aromatic N) is 1. The number of hydrogen-bond acceptors (Lipinski definition) is 2. The fourth-order valence-corrected chi connectivity index (χ4v) is 1.25. The number of aromatic nitrogens is 1. The Hall–Kier alpha value is -0.890. The lowest BCUT2D eigenvalue weighted by molar-refractivity contribution is 0.0729. The fraction of sp³-hybridized carbons (Fsp3) is 0.500. The molecule has 0 aromatic carbocycles. The van der Waals surface area contributed by atoms with Crippen molar-refractivity contribution in [1.29, 1.82) is 0 Å². The molecule has 0 aliphatic carbocycles. The lowest BCUT2D eigenvalue weighted by Crippen LogP contribution is -2.19. The summed E-state index contributed by atoms with van der Waals surface area (Å²) in [5.41, 5.74) is 1.91. The van der Waals surface area contributed by atoms with E-state index < -0.39 is 5.60 Å². The molecule has 1 N–H and O–H groups in total. The van der Waals surface area contributed by atoms with Crippen LogP contribution in [0.4, 0.5) is 0 Å². The van der Waals surface area contributed by atoms with Crippen LogP contribution in [0, 0.1) is 13.8 Å². The summed E-state index contributed by atoms with van der Waals surface area (Å²) in [5, 5.41) is 9.73. The van der Waals surface area contributed by atoms with E-state index >= 15 is 0 Å². The molecule has 0 saturated carbocycles. The van der Waals surface area contributed by atoms with E-state index in [9.17, 15) is 5.11 Å². The highest BCUT2D eigenvalue weighted by molar-refractivity contribution is 5.25. The molecule has 0 fully saturated rings. The third-order valence-electron chi connectivity index (χ3n) is 1.82. The van der Waals surface area contributed by atoms with Crippen molar-refractivity contribution >= 4 is 0 Å². The van der Waals surface area contributed by atoms with Crippen LogP contribution in [0.3, 0.4) is 0 Å². The van der Waals surface area contributed by atoms with Crippen molar-refractivity contribution in [3.8, 4) is 0 Å². The molecule has 0 unspecified atom stereocenters. The number of hydrogen-bond donors (Lipinski definition) is 1. The SMILES string of the molecule is Cc1ccc(C)c(C(C)(C)O)n1. The zero-order valence-corrected chi connectivity index (χ0v) is 8.05. The van der Waals surface area contributed by atoms with Crippen LogP contribution in [0.15, 0.2) is 12.1 Å². The lowest BCUT2D eigenvalue weighted by Gasteiger charge is -2.19. The molecule has 0 radical (unpaired) electrons. The molecule has 2 nitrogen and oxygen atoms in total. The summed E-state index contributed by atoms with van der Waals surface area (Å²) < 4.78 is 0. The highest BCUT2D eigenvalue weighted by Crippen LogP contribution is 2.20. The standard InChI is InChI=1S/C10H15NO/c1-7-5-6-8(2)11-9(7)10(3,4)12/h5-6,12H,1-4H3. The fourth-order valence-electron chi connectivity index (χ4n) is 1.25. The first-order valence-corrected chi connectivity index (χ1v) is 4.08. The molecule has 1 aromatic rings. The van der Waals surface area contributed by atoms with Crippen LogP contribution in [0.1, 0.15) is 30.8 Å². The van der Waals surface area contributed by atoms with Gasteiger partial charge in [-0.25, -0.2) is 0 Å². The summed E-state index contributed by atoms with van der Waals surface area (Å²) in [6.07, 6.45) is 0. The first-order chi connectivity index (χ1) is 5.41. The first-order valence-electron chi connectivity index (χ1n) is 4.08. The van der Waals surface area contributed by atoms with E-state index in [4.69, 9.17) is 0 Å². The summed E-state index contributed by atoms with van der Waals surface area (Å²) in [5.74, 6) is 0. The van der Waals surface area contributed by atoms with Gasteiger partial charge in [0.25, 0.3) is 0 Å². The van der Waals surface area contributed by atoms with Gasteiger partial charge < -0.3 is 5.11 Å². The molecule has 66 valence electrons. The van der Waals surface area contributed by atoms with Gasteiger partial charge in [0.15, 0.2) is 0 Å². The van der Waals surface area contributed by atoms with Gasteiger partial charge in [0.1, 0.15) is 5.60 Å². The van der Waals surface area contributed by atoms with E-state index in [2.05, 4.69) is 4.98 Å². The van der Waals surface area contributed by atoms with E-state index in [1.165, 1.54) is 0 Å². The second-order valence-corrected chi connectivity index (χ2v) is 3.68. The molecule has 0 aliphatic rings. The summed E-state index contributed by atoms with van der Waals surface area (Å²) >= 11 is 0. The van der Waals surface area contributed by atoms with Gasteiger partial charge in [-0.3, -0.25) is 4.98 Å². The minimum atomic E-state index is -0.837. The molecule has 0 amide bonds. The summed E-state index contributed by atoms with van der Waals surface area (Å²) in [4.78, 5) is 4.29. The molecule has 0 aliphatic heterocycles. The second-order valence-electron chi connectivity index (χ2n) is 3.68. The number of rotatable bonds is 1. The Bertz CT molecular complexity index is 286. The van der Waals surface area contributed by atoms with Crippen molar-refractivity contribution in [2.45, 2.75) is 33.3 Å². The molecule has 1 heterocycles. The summed E-state index contributed by atoms with van der Waals surface area (Å²) in [7, 11) is 0. The van der Waals surface area contributed by atoms with Crippen LogP contribution in [-0.2, 0) is 5.60 Å². The molecule has 1 aromatic heterocycles. The normalized spacial score (nSPS) is 11.8. The molecule has 1 rings (SSSR count). The zero-order chi connectivity index (χ0) is 9.35. The van der Waals surface area contributed by atoms with E-state index in [1.54, 1.807) is 13.8 Å². The Morgan fingerprint density at radius 1 is 1.25 bits per heavy atom. The van der Waals surface area contributed by atoms with Crippen LogP contribution in [0.25, 0.3) is 0 Å². The summed E-state index contributed by atoms with van der Waals surface area (Å²) in [6, 6.07) is 3.93. The Kier molecular flexibility index (Phi) is 2.20. The molecule has 0 atom stereocenters. The largest absolute Gasteiger partial charge is 0.384 e. The molecule has 12 heavy (non-hydrogen) atoms. The van der Waals surface area contributed by atoms with Crippen LogP contribution in [0.5, 0.6) is 0 Å². The van der Waals surface area contributed by atoms with Crippen LogP contribution in [-0.4, -0.2) is 10.1 Å². The van der Waals surface area contributed by atoms with Crippen molar-refractivity contribution in [1.82, 2.24) is 4.98 Å². The Labute approximate surface area is 73.3 Å². The average molecular weight is 165 g/mol. The number of pyridine rings is 1. The van der Waals surface area contributed by atoms with Crippen LogP contribution < -0.4 is 0 Å². The van der Waals surface area contributed by atoms with Crippen molar-refractivity contribution in [2.75, 3.05) is 0 Å². The van der Waals surface area contributed by atoms with Gasteiger partial charge >= 0.3 is 0 Å². The second kappa shape index (κ2) is 2.87. The van der Waals surface area contributed by atoms with E-state index in [-0.39, 0.29) is 0 Å². The molecule has 0 saturated heterocycles. The third kappa shape index (κ3) is 1.83. The van der Waals surface area contributed by atoms with E-state index in [1.807, 2.05) is 26.0 Å². The zero-order valence-electron chi connectivity index (χ0n) is 8.05. The maximum atomic E-state index is 9.73. The van der Waals surface area contributed by atoms with E-state index in [0.29, 0.717) is 0 Å². The number of aliphatic hydroxyl groups is 1. The predicted molar refractivity (Wildman–Crippen MR) is 49.0 cm³/mol. The smallest absolute Gasteiger partial charge is 0.101 e. The van der Waals surface area contributed by atoms with Gasteiger partial charge in [-0.05, 0) is 39.3 Å². The molecule has 0 spiro atoms. The van der Waals surface area contributed by atoms with Gasteiger partial charge in [-0.1, -0.05) is 6.07 Å². The van der Waals surface area contributed by atoms with Crippen molar-refractivity contribution in [3.05, 3.63) is 29.1 Å². The first kappa shape index (κ1) is 9.20. The molecule has 0 bridgehead atoms. The molecular weight excluding hydrogens is 150 g/mol. The Morgan fingerprint density at radius 2 is 1.83 bits per heavy atom. The van der Waals surface area contributed by atoms with Gasteiger partial charge in [-0.15, -0.1) is 0 Å². The van der Waals surface area contributed by atoms with Crippen LogP contribution in [0.2, 0.25) is 0 Å². The van der Waals surface area contributed by atoms with Crippen molar-refractivity contribution in [3.63, 3.8) is 0 Å². The Morgan fingerprint density at radius 3 is 2.25 bits per heavy atom.